The van der Waals surface area contributed by atoms with Crippen molar-refractivity contribution in [1.29, 1.82) is 0 Å². The molecule has 214 valence electrons. The van der Waals surface area contributed by atoms with Crippen LogP contribution >= 0.6 is 23.2 Å². The molecular formula is C28H24Cl2F2N3O6+. The monoisotopic (exact) mass is 606 g/mol. The normalized spacial score (nSPS) is 13.8. The number of benzene rings is 2. The number of halogens is 4. The van der Waals surface area contributed by atoms with Gasteiger partial charge in [-0.1, -0.05) is 41.4 Å². The van der Waals surface area contributed by atoms with Gasteiger partial charge in [0.15, 0.2) is 23.9 Å². The number of nitrogens with one attached hydrogen (secondary N) is 2. The first-order chi connectivity index (χ1) is 19.7. The Kier molecular flexibility index (Phi) is 8.55. The van der Waals surface area contributed by atoms with Crippen LogP contribution in [0.5, 0.6) is 11.5 Å². The average molecular weight is 607 g/mol. The van der Waals surface area contributed by atoms with Crippen molar-refractivity contribution in [3.63, 3.8) is 0 Å². The highest BCUT2D eigenvalue weighted by atomic mass is 35.5. The van der Waals surface area contributed by atoms with Gasteiger partial charge in [0.05, 0.1) is 17.6 Å². The first-order valence-corrected chi connectivity index (χ1v) is 13.4. The number of aromatic nitrogens is 3. The molecule has 0 aliphatic heterocycles. The molecule has 5 rings (SSSR count). The van der Waals surface area contributed by atoms with Gasteiger partial charge in [0.25, 0.3) is 0 Å². The van der Waals surface area contributed by atoms with Crippen LogP contribution < -0.4 is 25.6 Å². The highest BCUT2D eigenvalue weighted by molar-refractivity contribution is 6.35. The third-order valence-corrected chi connectivity index (χ3v) is 7.23. The average Bonchev–Trinajstić information content (AvgIpc) is 3.76. The van der Waals surface area contributed by atoms with E-state index in [1.807, 2.05) is 0 Å². The molecule has 1 atom stereocenters. The predicted molar refractivity (Wildman–Crippen MR) is 146 cm³/mol. The predicted octanol–water partition coefficient (Wildman–Crippen LogP) is 4.73. The molecule has 9 nitrogen and oxygen atoms in total. The summed E-state index contributed by atoms with van der Waals surface area (Å²) in [5, 5.41) is 0.552. The van der Waals surface area contributed by atoms with Crippen molar-refractivity contribution in [2.75, 3.05) is 6.61 Å². The van der Waals surface area contributed by atoms with E-state index < -0.39 is 36.3 Å². The number of pyridine rings is 1. The fourth-order valence-electron chi connectivity index (χ4n) is 4.31. The molecule has 0 unspecified atom stereocenters. The van der Waals surface area contributed by atoms with Gasteiger partial charge in [0.2, 0.25) is 0 Å². The molecule has 1 saturated carbocycles. The van der Waals surface area contributed by atoms with Crippen LogP contribution in [0.4, 0.5) is 8.78 Å². The Hall–Kier alpha value is -3.96. The zero-order valence-corrected chi connectivity index (χ0v) is 22.9. The number of rotatable bonds is 11. The summed E-state index contributed by atoms with van der Waals surface area (Å²) in [6, 6.07) is 10.8. The number of fused-ring (bicyclic) bond motifs is 1. The lowest BCUT2D eigenvalue weighted by molar-refractivity contribution is -0.377. The molecule has 0 spiro atoms. The lowest BCUT2D eigenvalue weighted by Crippen LogP contribution is -2.38. The van der Waals surface area contributed by atoms with Crippen LogP contribution in [0, 0.1) is 5.92 Å². The smallest absolute Gasteiger partial charge is 0.387 e. The molecule has 1 fully saturated rings. The van der Waals surface area contributed by atoms with Crippen LogP contribution in [0.25, 0.3) is 11.0 Å². The molecule has 0 amide bonds. The van der Waals surface area contributed by atoms with Gasteiger partial charge in [0.1, 0.15) is 22.7 Å². The highest BCUT2D eigenvalue weighted by Gasteiger charge is 2.26. The van der Waals surface area contributed by atoms with Crippen LogP contribution in [-0.4, -0.2) is 28.7 Å². The minimum Gasteiger partial charge on any atom is -0.489 e. The van der Waals surface area contributed by atoms with E-state index >= 15 is 0 Å². The molecule has 41 heavy (non-hydrogen) atoms. The van der Waals surface area contributed by atoms with E-state index in [0.717, 1.165) is 17.4 Å². The van der Waals surface area contributed by atoms with E-state index in [1.165, 1.54) is 30.6 Å². The number of esters is 1. The van der Waals surface area contributed by atoms with Crippen molar-refractivity contribution < 1.29 is 32.8 Å². The number of nitrogens with zero attached hydrogens (tertiary/aromatic N) is 1. The second kappa shape index (κ2) is 12.3. The highest BCUT2D eigenvalue weighted by Crippen LogP contribution is 2.37. The summed E-state index contributed by atoms with van der Waals surface area (Å²) < 4.78 is 43.4. The molecule has 0 bridgehead atoms. The topological polar surface area (TPSA) is 114 Å². The van der Waals surface area contributed by atoms with Crippen LogP contribution in [0.2, 0.25) is 10.0 Å². The first-order valence-electron chi connectivity index (χ1n) is 12.7. The van der Waals surface area contributed by atoms with E-state index in [0.29, 0.717) is 34.7 Å². The lowest BCUT2D eigenvalue weighted by atomic mass is 10.0. The Balaban J connectivity index is 1.49. The van der Waals surface area contributed by atoms with Gasteiger partial charge < -0.3 is 19.2 Å². The molecule has 2 aromatic heterocycles. The number of hydrogen-bond acceptors (Lipinski definition) is 6. The van der Waals surface area contributed by atoms with Crippen LogP contribution in [0.3, 0.4) is 0 Å². The summed E-state index contributed by atoms with van der Waals surface area (Å²) in [5.74, 6) is -0.615. The maximum Gasteiger partial charge on any atom is 0.387 e. The SMILES string of the molecule is O=C(Cn1c(=O)c(=O)[nH]c2ccccc21)O[C@@H](Cc1c(Cl)c[nH+]cc1Cl)c1ccc(OC(F)F)c(OCC2CC2)c1. The van der Waals surface area contributed by atoms with Crippen molar-refractivity contribution in [2.45, 2.75) is 38.5 Å². The van der Waals surface area contributed by atoms with Crippen molar-refractivity contribution in [2.24, 2.45) is 5.92 Å². The number of hydrogen-bond donors (Lipinski definition) is 1. The summed E-state index contributed by atoms with van der Waals surface area (Å²) in [6.45, 7) is -3.32. The minimum absolute atomic E-state index is 0.000220. The van der Waals surface area contributed by atoms with Gasteiger partial charge >= 0.3 is 23.7 Å². The number of para-hydroxylation sites is 2. The van der Waals surface area contributed by atoms with Crippen LogP contribution in [-0.2, 0) is 22.5 Å². The molecule has 0 radical (unpaired) electrons. The molecule has 4 aromatic rings. The summed E-state index contributed by atoms with van der Waals surface area (Å²) in [7, 11) is 0. The third kappa shape index (κ3) is 6.86. The van der Waals surface area contributed by atoms with Gasteiger partial charge in [-0.3, -0.25) is 19.0 Å². The Labute approximate surface area is 241 Å². The Morgan fingerprint density at radius 1 is 1.07 bits per heavy atom. The largest absolute Gasteiger partial charge is 0.489 e. The van der Waals surface area contributed by atoms with Gasteiger partial charge in [-0.05, 0) is 48.6 Å². The van der Waals surface area contributed by atoms with Crippen LogP contribution in [0.15, 0.2) is 64.4 Å². The fourth-order valence-corrected chi connectivity index (χ4v) is 4.84. The maximum absolute atomic E-state index is 13.3. The number of carbonyl (C=O) groups excluding carboxylic acids is 1. The van der Waals surface area contributed by atoms with Crippen molar-refractivity contribution >= 4 is 40.2 Å². The first kappa shape index (κ1) is 28.6. The van der Waals surface area contributed by atoms with E-state index in [-0.39, 0.29) is 28.0 Å². The Bertz CT molecular complexity index is 1690. The van der Waals surface area contributed by atoms with Gasteiger partial charge in [0, 0.05) is 12.0 Å². The fraction of sp³-hybridized carbons (Fsp3) is 0.286. The number of H-pyrrole nitrogens is 2. The molecule has 0 saturated heterocycles. The summed E-state index contributed by atoms with van der Waals surface area (Å²) in [4.78, 5) is 43.4. The zero-order valence-electron chi connectivity index (χ0n) is 21.4. The summed E-state index contributed by atoms with van der Waals surface area (Å²) in [5.41, 5.74) is -0.275. The standard InChI is InChI=1S/C28H23Cl2F2N3O6/c29-18-11-33-12-19(30)17(18)10-23(16-7-8-22(41-28(31)32)24(9-16)39-14-15-5-6-15)40-25(36)13-35-21-4-2-1-3-20(21)34-26(37)27(35)38/h1-4,7-9,11-12,15,23,28H,5-6,10,13-14H2,(H,34,37)/p+1/t23-/m0/s1. The summed E-state index contributed by atoms with van der Waals surface area (Å²) >= 11 is 12.7. The molecule has 1 aliphatic rings. The van der Waals surface area contributed by atoms with E-state index in [4.69, 9.17) is 32.7 Å². The number of carbonyl (C=O) groups is 1. The van der Waals surface area contributed by atoms with Gasteiger partial charge in [-0.15, -0.1) is 0 Å². The second-order valence-corrected chi connectivity index (χ2v) is 10.3. The maximum atomic E-state index is 13.3. The molecule has 2 heterocycles. The van der Waals surface area contributed by atoms with E-state index in [9.17, 15) is 23.2 Å². The number of aromatic amines is 2. The number of alkyl halides is 2. The second-order valence-electron chi connectivity index (χ2n) is 9.51. The zero-order chi connectivity index (χ0) is 29.1. The third-order valence-electron chi connectivity index (χ3n) is 6.56. The molecule has 1 aliphatic carbocycles. The minimum atomic E-state index is -3.07. The van der Waals surface area contributed by atoms with E-state index in [2.05, 4.69) is 14.7 Å². The van der Waals surface area contributed by atoms with Crippen molar-refractivity contribution in [1.82, 2.24) is 9.55 Å². The lowest BCUT2D eigenvalue weighted by Gasteiger charge is -2.21. The van der Waals surface area contributed by atoms with Crippen molar-refractivity contribution in [3.05, 3.63) is 96.7 Å². The van der Waals surface area contributed by atoms with Crippen LogP contribution in [0.1, 0.15) is 30.1 Å². The molecule has 2 aromatic carbocycles. The van der Waals surface area contributed by atoms with E-state index in [1.54, 1.807) is 24.3 Å². The van der Waals surface area contributed by atoms with Crippen molar-refractivity contribution in [3.8, 4) is 11.5 Å². The van der Waals surface area contributed by atoms with Gasteiger partial charge in [-0.25, -0.2) is 4.98 Å². The quantitative estimate of drug-likeness (QED) is 0.195. The molecule has 13 heteroatoms. The Morgan fingerprint density at radius 3 is 2.51 bits per heavy atom. The molecule has 2 N–H and O–H groups in total. The summed E-state index contributed by atoms with van der Waals surface area (Å²) in [6.07, 6.45) is 3.93. The Morgan fingerprint density at radius 2 is 1.80 bits per heavy atom. The van der Waals surface area contributed by atoms with Gasteiger partial charge in [-0.2, -0.15) is 8.78 Å². The molecular weight excluding hydrogens is 583 g/mol. The number of ether oxygens (including phenoxy) is 3.